The average molecular weight is 326 g/mol. The van der Waals surface area contributed by atoms with E-state index in [9.17, 15) is 0 Å². The van der Waals surface area contributed by atoms with E-state index in [2.05, 4.69) is 77.9 Å². The summed E-state index contributed by atoms with van der Waals surface area (Å²) in [7, 11) is 0. The third-order valence-electron chi connectivity index (χ3n) is 3.86. The molecule has 0 spiro atoms. The third kappa shape index (κ3) is 4.53. The van der Waals surface area contributed by atoms with Gasteiger partial charge in [0.15, 0.2) is 0 Å². The molecule has 0 radical (unpaired) electrons. The highest BCUT2D eigenvalue weighted by molar-refractivity contribution is 5.81. The number of benzene rings is 2. The van der Waals surface area contributed by atoms with Gasteiger partial charge in [-0.1, -0.05) is 52.0 Å². The molecule has 0 saturated carbocycles. The van der Waals surface area contributed by atoms with Crippen molar-refractivity contribution in [3.8, 4) is 22.6 Å². The minimum absolute atomic E-state index is 0.492. The van der Waals surface area contributed by atoms with E-state index < -0.39 is 0 Å². The van der Waals surface area contributed by atoms with E-state index in [4.69, 9.17) is 9.47 Å². The van der Waals surface area contributed by atoms with Gasteiger partial charge in [0, 0.05) is 11.1 Å². The average Bonchev–Trinajstić information content (AvgIpc) is 2.51. The van der Waals surface area contributed by atoms with Crippen LogP contribution in [0.25, 0.3) is 11.1 Å². The van der Waals surface area contributed by atoms with E-state index in [1.54, 1.807) is 0 Å². The Kier molecular flexibility index (Phi) is 6.30. The SMILES string of the molecule is Cc1cccc(OCC(C)C)c1-c1c(C)cccc1OCC(C)C. The van der Waals surface area contributed by atoms with Gasteiger partial charge in [-0.05, 0) is 48.9 Å². The maximum absolute atomic E-state index is 6.11. The van der Waals surface area contributed by atoms with E-state index in [1.807, 2.05) is 0 Å². The largest absolute Gasteiger partial charge is 0.493 e. The van der Waals surface area contributed by atoms with Crippen molar-refractivity contribution in [1.29, 1.82) is 0 Å². The normalized spacial score (nSPS) is 11.2. The number of aryl methyl sites for hydroxylation is 2. The lowest BCUT2D eigenvalue weighted by atomic mass is 9.94. The second kappa shape index (κ2) is 8.23. The fourth-order valence-electron chi connectivity index (χ4n) is 2.68. The topological polar surface area (TPSA) is 18.5 Å². The first-order valence-corrected chi connectivity index (χ1v) is 8.85. The molecule has 0 N–H and O–H groups in total. The summed E-state index contributed by atoms with van der Waals surface area (Å²) in [5, 5.41) is 0. The van der Waals surface area contributed by atoms with Crippen LogP contribution in [0, 0.1) is 25.7 Å². The van der Waals surface area contributed by atoms with E-state index in [1.165, 1.54) is 11.1 Å². The highest BCUT2D eigenvalue weighted by Crippen LogP contribution is 2.41. The van der Waals surface area contributed by atoms with E-state index >= 15 is 0 Å². The zero-order valence-electron chi connectivity index (χ0n) is 15.8. The molecule has 0 aliphatic heterocycles. The molecule has 0 atom stereocenters. The predicted molar refractivity (Wildman–Crippen MR) is 102 cm³/mol. The summed E-state index contributed by atoms with van der Waals surface area (Å²) >= 11 is 0. The molecule has 0 aromatic heterocycles. The monoisotopic (exact) mass is 326 g/mol. The minimum Gasteiger partial charge on any atom is -0.493 e. The number of hydrogen-bond donors (Lipinski definition) is 0. The van der Waals surface area contributed by atoms with Crippen LogP contribution in [-0.2, 0) is 0 Å². The van der Waals surface area contributed by atoms with Crippen LogP contribution in [0.15, 0.2) is 36.4 Å². The van der Waals surface area contributed by atoms with E-state index in [0.29, 0.717) is 25.0 Å². The zero-order valence-corrected chi connectivity index (χ0v) is 15.8. The molecule has 24 heavy (non-hydrogen) atoms. The molecule has 0 aliphatic carbocycles. The summed E-state index contributed by atoms with van der Waals surface area (Å²) in [4.78, 5) is 0. The maximum atomic E-state index is 6.11. The van der Waals surface area contributed by atoms with Crippen LogP contribution in [0.2, 0.25) is 0 Å². The molecule has 2 aromatic rings. The molecule has 0 bridgehead atoms. The van der Waals surface area contributed by atoms with Gasteiger partial charge in [0.25, 0.3) is 0 Å². The van der Waals surface area contributed by atoms with Crippen LogP contribution in [0.1, 0.15) is 38.8 Å². The highest BCUT2D eigenvalue weighted by atomic mass is 16.5. The summed E-state index contributed by atoms with van der Waals surface area (Å²) in [6.45, 7) is 14.4. The highest BCUT2D eigenvalue weighted by Gasteiger charge is 2.17. The Morgan fingerprint density at radius 1 is 0.667 bits per heavy atom. The zero-order chi connectivity index (χ0) is 17.7. The summed E-state index contributed by atoms with van der Waals surface area (Å²) in [6, 6.07) is 12.5. The number of ether oxygens (including phenoxy) is 2. The smallest absolute Gasteiger partial charge is 0.127 e. The van der Waals surface area contributed by atoms with Crippen molar-refractivity contribution in [3.05, 3.63) is 47.5 Å². The van der Waals surface area contributed by atoms with Gasteiger partial charge in [-0.3, -0.25) is 0 Å². The van der Waals surface area contributed by atoms with Crippen LogP contribution in [-0.4, -0.2) is 13.2 Å². The Hall–Kier alpha value is -1.96. The van der Waals surface area contributed by atoms with Gasteiger partial charge in [-0.15, -0.1) is 0 Å². The van der Waals surface area contributed by atoms with E-state index in [-0.39, 0.29) is 0 Å². The summed E-state index contributed by atoms with van der Waals surface area (Å²) in [5.74, 6) is 2.86. The molecule has 2 heteroatoms. The molecular weight excluding hydrogens is 296 g/mol. The first-order valence-electron chi connectivity index (χ1n) is 8.85. The fourth-order valence-corrected chi connectivity index (χ4v) is 2.68. The van der Waals surface area contributed by atoms with Gasteiger partial charge in [-0.2, -0.15) is 0 Å². The Morgan fingerprint density at radius 3 is 1.38 bits per heavy atom. The van der Waals surface area contributed by atoms with Crippen molar-refractivity contribution in [3.63, 3.8) is 0 Å². The lowest BCUT2D eigenvalue weighted by Gasteiger charge is -2.20. The van der Waals surface area contributed by atoms with Gasteiger partial charge in [0.05, 0.1) is 13.2 Å². The molecular formula is C22H30O2. The first kappa shape index (κ1) is 18.4. The molecule has 0 heterocycles. The van der Waals surface area contributed by atoms with E-state index in [0.717, 1.165) is 22.6 Å². The Morgan fingerprint density at radius 2 is 1.04 bits per heavy atom. The van der Waals surface area contributed by atoms with Crippen molar-refractivity contribution < 1.29 is 9.47 Å². The van der Waals surface area contributed by atoms with Crippen molar-refractivity contribution in [2.45, 2.75) is 41.5 Å². The van der Waals surface area contributed by atoms with Crippen molar-refractivity contribution in [1.82, 2.24) is 0 Å². The summed E-state index contributed by atoms with van der Waals surface area (Å²) in [5.41, 5.74) is 4.71. The molecule has 0 saturated heterocycles. The predicted octanol–water partition coefficient (Wildman–Crippen LogP) is 6.04. The lowest BCUT2D eigenvalue weighted by molar-refractivity contribution is 0.268. The second-order valence-electron chi connectivity index (χ2n) is 7.31. The minimum atomic E-state index is 0.492. The summed E-state index contributed by atoms with van der Waals surface area (Å²) in [6.07, 6.45) is 0. The Labute approximate surface area is 146 Å². The third-order valence-corrected chi connectivity index (χ3v) is 3.86. The van der Waals surface area contributed by atoms with Gasteiger partial charge < -0.3 is 9.47 Å². The molecule has 2 aromatic carbocycles. The lowest BCUT2D eigenvalue weighted by Crippen LogP contribution is -2.08. The van der Waals surface area contributed by atoms with Crippen molar-refractivity contribution in [2.75, 3.05) is 13.2 Å². The van der Waals surface area contributed by atoms with Gasteiger partial charge in [0.1, 0.15) is 11.5 Å². The van der Waals surface area contributed by atoms with Crippen LogP contribution in [0.5, 0.6) is 11.5 Å². The summed E-state index contributed by atoms with van der Waals surface area (Å²) < 4.78 is 12.2. The molecule has 0 amide bonds. The molecule has 0 aliphatic rings. The molecule has 0 fully saturated rings. The second-order valence-corrected chi connectivity index (χ2v) is 7.31. The molecule has 130 valence electrons. The first-order chi connectivity index (χ1) is 11.4. The van der Waals surface area contributed by atoms with Crippen LogP contribution >= 0.6 is 0 Å². The van der Waals surface area contributed by atoms with Gasteiger partial charge in [0.2, 0.25) is 0 Å². The number of rotatable bonds is 7. The Balaban J connectivity index is 2.51. The van der Waals surface area contributed by atoms with Gasteiger partial charge in [-0.25, -0.2) is 0 Å². The fraction of sp³-hybridized carbons (Fsp3) is 0.455. The van der Waals surface area contributed by atoms with Crippen LogP contribution in [0.3, 0.4) is 0 Å². The Bertz CT molecular complexity index is 612. The standard InChI is InChI=1S/C22H30O2/c1-15(2)13-23-19-11-7-9-17(5)21(19)22-18(6)10-8-12-20(22)24-14-16(3)4/h7-12,15-16H,13-14H2,1-6H3. The van der Waals surface area contributed by atoms with Crippen molar-refractivity contribution >= 4 is 0 Å². The van der Waals surface area contributed by atoms with Crippen LogP contribution in [0.4, 0.5) is 0 Å². The van der Waals surface area contributed by atoms with Crippen LogP contribution < -0.4 is 9.47 Å². The van der Waals surface area contributed by atoms with Crippen molar-refractivity contribution in [2.24, 2.45) is 11.8 Å². The quantitative estimate of drug-likeness (QED) is 0.617. The number of hydrogen-bond acceptors (Lipinski definition) is 2. The maximum Gasteiger partial charge on any atom is 0.127 e. The van der Waals surface area contributed by atoms with Gasteiger partial charge >= 0.3 is 0 Å². The molecule has 2 nitrogen and oxygen atoms in total. The molecule has 0 unspecified atom stereocenters. The molecule has 2 rings (SSSR count).